The fourth-order valence-corrected chi connectivity index (χ4v) is 10.1. The van der Waals surface area contributed by atoms with E-state index in [9.17, 15) is 47.0 Å². The lowest BCUT2D eigenvalue weighted by Crippen LogP contribution is -2.19. The number of imidazole rings is 3. The van der Waals surface area contributed by atoms with E-state index in [-0.39, 0.29) is 123 Å². The summed E-state index contributed by atoms with van der Waals surface area (Å²) >= 11 is 24.2. The van der Waals surface area contributed by atoms with Crippen LogP contribution in [0.25, 0.3) is 0 Å². The number of ether oxygens (including phenoxy) is 5. The molecule has 0 radical (unpaired) electrons. The molecule has 0 spiro atoms. The number of hydrogen-bond acceptors (Lipinski definition) is 15. The Balaban J connectivity index is 0.000000232. The fraction of sp³-hybridized carbons (Fsp3) is 0.278. The summed E-state index contributed by atoms with van der Waals surface area (Å²) in [4.78, 5) is 87.2. The number of aromatic nitrogens is 6. The first-order valence-corrected chi connectivity index (χ1v) is 33.8. The molecule has 0 atom stereocenters. The van der Waals surface area contributed by atoms with Gasteiger partial charge in [-0.1, -0.05) is 90.6 Å². The van der Waals surface area contributed by atoms with Gasteiger partial charge < -0.3 is 47.6 Å². The van der Waals surface area contributed by atoms with Crippen LogP contribution < -0.4 is 4.84 Å². The number of benzene rings is 6. The highest BCUT2D eigenvalue weighted by molar-refractivity contribution is 6.29. The maximum absolute atomic E-state index is 13.4. The molecule has 3 heterocycles. The number of carboxylic acids is 2. The minimum atomic E-state index is -1.20. The molecule has 9 rings (SSSR count). The van der Waals surface area contributed by atoms with Gasteiger partial charge in [0.25, 0.3) is 0 Å². The lowest BCUT2D eigenvalue weighted by atomic mass is 10.0. The predicted octanol–water partition coefficient (Wildman–Crippen LogP) is 15.0. The molecule has 0 fully saturated rings. The lowest BCUT2D eigenvalue weighted by molar-refractivity contribution is 0.0592. The van der Waals surface area contributed by atoms with E-state index >= 15 is 0 Å². The molecular weight excluding hydrogens is 1450 g/mol. The second-order valence-corrected chi connectivity index (χ2v) is 25.9. The van der Waals surface area contributed by atoms with Gasteiger partial charge in [0.05, 0.1) is 50.5 Å². The number of nitrogens with zero attached hydrogens (tertiary/aromatic N) is 6. The zero-order valence-electron chi connectivity index (χ0n) is 59.7. The minimum Gasteiger partial charge on any atom is -0.478 e. The highest BCUT2D eigenvalue weighted by Gasteiger charge is 2.26. The van der Waals surface area contributed by atoms with Crippen LogP contribution in [-0.2, 0) is 62.7 Å². The molecule has 0 aliphatic rings. The van der Waals surface area contributed by atoms with Gasteiger partial charge in [-0.3, -0.25) is 9.59 Å². The zero-order chi connectivity index (χ0) is 78.1. The summed E-state index contributed by atoms with van der Waals surface area (Å²) in [6.45, 7) is 11.8. The monoisotopic (exact) mass is 1530 g/mol. The van der Waals surface area contributed by atoms with Crippen molar-refractivity contribution >= 4 is 82.0 Å². The van der Waals surface area contributed by atoms with Crippen molar-refractivity contribution < 1.29 is 75.8 Å². The van der Waals surface area contributed by atoms with Gasteiger partial charge in [-0.2, -0.15) is 0 Å². The summed E-state index contributed by atoms with van der Waals surface area (Å²) in [6.07, 6.45) is 1.15. The molecule has 0 aliphatic heterocycles. The van der Waals surface area contributed by atoms with Crippen LogP contribution in [0.2, 0.25) is 15.9 Å². The third-order valence-electron chi connectivity index (χ3n) is 15.7. The number of aryl methyl sites for hydroxylation is 2. The number of carboxylic acid groups (broad SMARTS) is 2. The number of hydrogen-bond donors (Lipinski definition) is 3. The van der Waals surface area contributed by atoms with Crippen LogP contribution >= 0.6 is 46.6 Å². The Hall–Kier alpha value is -10.4. The number of rotatable bonds is 23. The van der Waals surface area contributed by atoms with E-state index in [0.29, 0.717) is 36.1 Å². The van der Waals surface area contributed by atoms with E-state index in [2.05, 4.69) is 60.0 Å². The van der Waals surface area contributed by atoms with Crippen molar-refractivity contribution in [2.45, 2.75) is 110 Å². The second-order valence-electron chi connectivity index (χ2n) is 24.6. The topological polar surface area (TPSA) is 255 Å². The Morgan fingerprint density at radius 1 is 0.415 bits per heavy atom. The standard InChI is InChI=1S/C27H26ClFN2O4.C26H24ClFN2O4.C17H16ClFN2O3.C9H10ClNO2/c1-27(2,35-4)16-15-22-24(31(26(28)30-22)17-19-7-12-21(29)13-8-19)23(32)14-9-18-5-10-20(11-6-18)25(33)34-3;1-26(2,34-3)15-14-21-23(22(31)13-8-17-4-9-19(10-5-17)24(32)33)30(25(27)29-21)16-18-6-11-20(28)12-7-18;1-17(2,24-3)9-8-13-14(15(22)23)21(16(18)20-13)10-11-4-6-12(19)7-5-11;1-13-9(12)8-4-2-7(3-5-8)6-11-10/h5-8,10-13H,9,14,17H2,1-4H3;4-7,9-12H,8,13,16H2,1-3H3,(H,32,33);4-7H,10H2,1-3H3,(H,22,23);2-5,11H,6H2,1H3. The first-order valence-electron chi connectivity index (χ1n) is 32.3. The summed E-state index contributed by atoms with van der Waals surface area (Å²) in [5.74, 6) is 12.9. The third-order valence-corrected chi connectivity index (χ3v) is 16.7. The molecule has 554 valence electrons. The number of methoxy groups -OCH3 is 5. The Labute approximate surface area is 632 Å². The van der Waals surface area contributed by atoms with Gasteiger partial charge in [-0.05, 0) is 225 Å². The number of aromatic carboxylic acids is 2. The first-order chi connectivity index (χ1) is 50.2. The Bertz CT molecular complexity index is 4760. The molecule has 27 heteroatoms. The van der Waals surface area contributed by atoms with Crippen molar-refractivity contribution in [1.29, 1.82) is 0 Å². The van der Waals surface area contributed by atoms with Crippen LogP contribution in [0.3, 0.4) is 0 Å². The van der Waals surface area contributed by atoms with E-state index in [1.807, 2.05) is 12.1 Å². The second kappa shape index (κ2) is 39.7. The summed E-state index contributed by atoms with van der Waals surface area (Å²) in [5, 5.41) is 18.7. The number of ketones is 2. The van der Waals surface area contributed by atoms with Crippen LogP contribution in [-0.4, -0.2) is 127 Å². The number of nitrogens with one attached hydrogen (secondary N) is 1. The predicted molar refractivity (Wildman–Crippen MR) is 396 cm³/mol. The number of esters is 2. The van der Waals surface area contributed by atoms with Gasteiger partial charge in [0.1, 0.15) is 62.7 Å². The number of carbonyl (C=O) groups excluding carboxylic acids is 4. The molecule has 3 aromatic heterocycles. The summed E-state index contributed by atoms with van der Waals surface area (Å²) in [6, 6.07) is 37.8. The summed E-state index contributed by atoms with van der Waals surface area (Å²) < 4.78 is 69.3. The number of halogens is 7. The zero-order valence-corrected chi connectivity index (χ0v) is 62.8. The molecule has 0 amide bonds. The normalized spacial score (nSPS) is 10.9. The van der Waals surface area contributed by atoms with E-state index in [0.717, 1.165) is 27.8 Å². The van der Waals surface area contributed by atoms with Gasteiger partial charge in [0.2, 0.25) is 15.9 Å². The first kappa shape index (κ1) is 84.6. The van der Waals surface area contributed by atoms with E-state index in [4.69, 9.17) is 70.6 Å². The van der Waals surface area contributed by atoms with Gasteiger partial charge in [-0.15, -0.1) is 0 Å². The minimum absolute atomic E-state index is 0.00347. The highest BCUT2D eigenvalue weighted by atomic mass is 35.5. The van der Waals surface area contributed by atoms with E-state index in [1.54, 1.807) is 143 Å². The van der Waals surface area contributed by atoms with Gasteiger partial charge >= 0.3 is 23.9 Å². The molecule has 9 aromatic rings. The molecule has 0 aliphatic carbocycles. The maximum atomic E-state index is 13.4. The quantitative estimate of drug-likeness (QED) is 0.0233. The number of carbonyl (C=O) groups is 6. The molecule has 0 unspecified atom stereocenters. The maximum Gasteiger partial charge on any atom is 0.355 e. The summed E-state index contributed by atoms with van der Waals surface area (Å²) in [7, 11) is 7.27. The van der Waals surface area contributed by atoms with Crippen molar-refractivity contribution in [3.05, 3.63) is 263 Å². The fourth-order valence-electron chi connectivity index (χ4n) is 9.30. The molecule has 0 saturated heterocycles. The smallest absolute Gasteiger partial charge is 0.355 e. The Morgan fingerprint density at radius 2 is 0.689 bits per heavy atom. The average Bonchev–Trinajstić information content (AvgIpc) is 1.66. The van der Waals surface area contributed by atoms with Crippen LogP contribution in [0.5, 0.6) is 0 Å². The molecule has 20 nitrogen and oxygen atoms in total. The molecule has 6 aromatic carbocycles. The van der Waals surface area contributed by atoms with Crippen molar-refractivity contribution in [1.82, 2.24) is 33.5 Å². The third kappa shape index (κ3) is 25.5. The van der Waals surface area contributed by atoms with Crippen molar-refractivity contribution in [3.8, 4) is 35.5 Å². The van der Waals surface area contributed by atoms with Gasteiger partial charge in [0, 0.05) is 40.7 Å². The van der Waals surface area contributed by atoms with Crippen molar-refractivity contribution in [3.63, 3.8) is 0 Å². The van der Waals surface area contributed by atoms with Crippen LogP contribution in [0.1, 0.15) is 167 Å². The van der Waals surface area contributed by atoms with Gasteiger partial charge in [-0.25, -0.2) is 52.1 Å². The van der Waals surface area contributed by atoms with E-state index < -0.39 is 34.7 Å². The molecule has 0 bridgehead atoms. The van der Waals surface area contributed by atoms with Crippen LogP contribution in [0.15, 0.2) is 146 Å². The lowest BCUT2D eigenvalue weighted by Gasteiger charge is -2.14. The average molecular weight is 1530 g/mol. The number of Topliss-reactive ketones (excluding diaryl/α,β-unsaturated/α-hetero) is 2. The Kier molecular flexibility index (Phi) is 31.6. The molecular formula is C79H76Cl4F3N7O13. The summed E-state index contributed by atoms with van der Waals surface area (Å²) in [5.41, 5.74) is 4.81. The molecule has 0 saturated carbocycles. The van der Waals surface area contributed by atoms with Crippen LogP contribution in [0.4, 0.5) is 13.2 Å². The molecule has 3 N–H and O–H groups in total. The largest absolute Gasteiger partial charge is 0.478 e. The van der Waals surface area contributed by atoms with Crippen molar-refractivity contribution in [2.75, 3.05) is 35.5 Å². The molecule has 106 heavy (non-hydrogen) atoms. The highest BCUT2D eigenvalue weighted by Crippen LogP contribution is 2.26. The van der Waals surface area contributed by atoms with Crippen LogP contribution in [0, 0.1) is 53.0 Å². The van der Waals surface area contributed by atoms with Gasteiger partial charge in [0.15, 0.2) is 17.3 Å². The van der Waals surface area contributed by atoms with Crippen molar-refractivity contribution in [2.24, 2.45) is 0 Å². The van der Waals surface area contributed by atoms with E-state index in [1.165, 1.54) is 81.5 Å². The SMILES string of the molecule is COC(=O)c1ccc(CCC(=O)c2c(C#CC(C)(C)OC)nc(Cl)n2Cc2ccc(F)cc2)cc1.COC(=O)c1ccc(CNCl)cc1.COC(C)(C)C#Cc1nc(Cl)n(Cc2ccc(F)cc2)c1C(=O)CCc1ccc(C(=O)O)cc1.COC(C)(C)C#Cc1nc(Cl)n(Cc2ccc(F)cc2)c1C(=O)O. The Morgan fingerprint density at radius 3 is 0.962 bits per heavy atom.